The molecule has 1 aliphatic rings. The van der Waals surface area contributed by atoms with Crippen molar-refractivity contribution >= 4 is 23.4 Å². The Labute approximate surface area is 146 Å². The van der Waals surface area contributed by atoms with E-state index in [1.807, 2.05) is 12.1 Å². The number of hydrogen-bond donors (Lipinski definition) is 1. The molecule has 0 bridgehead atoms. The minimum atomic E-state index is -0.435. The predicted molar refractivity (Wildman–Crippen MR) is 94.3 cm³/mol. The summed E-state index contributed by atoms with van der Waals surface area (Å²) in [6, 6.07) is 7.44. The number of carbonyl (C=O) groups is 1. The second-order valence-corrected chi connectivity index (χ2v) is 6.35. The highest BCUT2D eigenvalue weighted by Gasteiger charge is 2.15. The van der Waals surface area contributed by atoms with E-state index in [-0.39, 0.29) is 5.15 Å². The monoisotopic (exact) mass is 345 g/mol. The number of aromatic nitrogens is 2. The van der Waals surface area contributed by atoms with Crippen LogP contribution in [0.2, 0.25) is 5.15 Å². The summed E-state index contributed by atoms with van der Waals surface area (Å²) in [6.07, 6.45) is 7.92. The molecule has 126 valence electrons. The number of anilines is 1. The second kappa shape index (κ2) is 7.62. The smallest absolute Gasteiger partial charge is 0.338 e. The van der Waals surface area contributed by atoms with Gasteiger partial charge in [-0.3, -0.25) is 0 Å². The molecule has 1 saturated carbocycles. The highest BCUT2D eigenvalue weighted by atomic mass is 35.5. The fourth-order valence-corrected chi connectivity index (χ4v) is 3.21. The van der Waals surface area contributed by atoms with Crippen molar-refractivity contribution in [2.24, 2.45) is 0 Å². The maximum Gasteiger partial charge on any atom is 0.338 e. The number of rotatable bonds is 4. The van der Waals surface area contributed by atoms with E-state index in [9.17, 15) is 4.79 Å². The van der Waals surface area contributed by atoms with Gasteiger partial charge < -0.3 is 10.1 Å². The number of methoxy groups -OCH3 is 1. The maximum atomic E-state index is 11.7. The van der Waals surface area contributed by atoms with Crippen LogP contribution in [0, 0.1) is 0 Å². The Balaban J connectivity index is 1.85. The summed E-state index contributed by atoms with van der Waals surface area (Å²) in [5.74, 6) is 0.385. The number of carbonyl (C=O) groups excluding carboxylic acids is 1. The van der Waals surface area contributed by atoms with Gasteiger partial charge >= 0.3 is 5.97 Å². The summed E-state index contributed by atoms with van der Waals surface area (Å²) in [4.78, 5) is 20.4. The SMILES string of the molecule is COC(=O)c1cc(Cl)nc(-c2ccnc(NC3CCCCC3)c2)c1. The molecule has 0 amide bonds. The highest BCUT2D eigenvalue weighted by Crippen LogP contribution is 2.25. The van der Waals surface area contributed by atoms with Gasteiger partial charge in [0, 0.05) is 17.8 Å². The van der Waals surface area contributed by atoms with Crippen molar-refractivity contribution < 1.29 is 9.53 Å². The average Bonchev–Trinajstić information content (AvgIpc) is 2.61. The number of nitrogens with zero attached hydrogens (tertiary/aromatic N) is 2. The molecule has 0 atom stereocenters. The van der Waals surface area contributed by atoms with Gasteiger partial charge in [-0.05, 0) is 37.1 Å². The van der Waals surface area contributed by atoms with Crippen LogP contribution in [-0.2, 0) is 4.74 Å². The van der Waals surface area contributed by atoms with Gasteiger partial charge in [0.05, 0.1) is 18.4 Å². The largest absolute Gasteiger partial charge is 0.465 e. The molecule has 0 spiro atoms. The molecule has 1 N–H and O–H groups in total. The Hall–Kier alpha value is -2.14. The maximum absolute atomic E-state index is 11.7. The van der Waals surface area contributed by atoms with Crippen LogP contribution in [0.25, 0.3) is 11.3 Å². The standard InChI is InChI=1S/C18H20ClN3O2/c1-24-18(23)13-9-15(22-16(19)10-13)12-7-8-20-17(11-12)21-14-5-3-2-4-6-14/h7-11,14H,2-6H2,1H3,(H,20,21). The van der Waals surface area contributed by atoms with Gasteiger partial charge in [0.2, 0.25) is 0 Å². The van der Waals surface area contributed by atoms with E-state index in [1.165, 1.54) is 45.3 Å². The van der Waals surface area contributed by atoms with Gasteiger partial charge in [0.1, 0.15) is 11.0 Å². The predicted octanol–water partition coefficient (Wildman–Crippen LogP) is 4.33. The molecule has 2 heterocycles. The molecule has 0 radical (unpaired) electrons. The molecule has 0 aromatic carbocycles. The van der Waals surface area contributed by atoms with Crippen molar-refractivity contribution in [1.82, 2.24) is 9.97 Å². The highest BCUT2D eigenvalue weighted by molar-refractivity contribution is 6.29. The van der Waals surface area contributed by atoms with E-state index >= 15 is 0 Å². The van der Waals surface area contributed by atoms with Gasteiger partial charge in [-0.2, -0.15) is 0 Å². The lowest BCUT2D eigenvalue weighted by molar-refractivity contribution is 0.0600. The van der Waals surface area contributed by atoms with Crippen LogP contribution in [0.4, 0.5) is 5.82 Å². The fraction of sp³-hybridized carbons (Fsp3) is 0.389. The molecule has 2 aromatic rings. The molecular weight excluding hydrogens is 326 g/mol. The molecule has 0 aliphatic heterocycles. The van der Waals surface area contributed by atoms with Crippen molar-refractivity contribution in [2.75, 3.05) is 12.4 Å². The molecule has 24 heavy (non-hydrogen) atoms. The number of esters is 1. The van der Waals surface area contributed by atoms with Crippen LogP contribution in [0.3, 0.4) is 0 Å². The zero-order chi connectivity index (χ0) is 16.9. The van der Waals surface area contributed by atoms with Crippen molar-refractivity contribution in [3.05, 3.63) is 41.2 Å². The zero-order valence-electron chi connectivity index (χ0n) is 13.6. The third-order valence-electron chi connectivity index (χ3n) is 4.23. The van der Waals surface area contributed by atoms with Gasteiger partial charge in [0.15, 0.2) is 0 Å². The molecule has 2 aromatic heterocycles. The van der Waals surface area contributed by atoms with Gasteiger partial charge in [0.25, 0.3) is 0 Å². The van der Waals surface area contributed by atoms with Crippen molar-refractivity contribution in [1.29, 1.82) is 0 Å². The topological polar surface area (TPSA) is 64.1 Å². The molecule has 5 nitrogen and oxygen atoms in total. The van der Waals surface area contributed by atoms with E-state index in [0.717, 1.165) is 11.4 Å². The van der Waals surface area contributed by atoms with Crippen LogP contribution in [-0.4, -0.2) is 29.1 Å². The van der Waals surface area contributed by atoms with Gasteiger partial charge in [-0.15, -0.1) is 0 Å². The zero-order valence-corrected chi connectivity index (χ0v) is 14.3. The lowest BCUT2D eigenvalue weighted by Gasteiger charge is -2.23. The Bertz CT molecular complexity index is 730. The third-order valence-corrected chi connectivity index (χ3v) is 4.42. The third kappa shape index (κ3) is 4.03. The van der Waals surface area contributed by atoms with E-state index in [1.54, 1.807) is 12.3 Å². The molecule has 0 saturated heterocycles. The summed E-state index contributed by atoms with van der Waals surface area (Å²) in [7, 11) is 1.34. The first-order valence-corrected chi connectivity index (χ1v) is 8.52. The minimum Gasteiger partial charge on any atom is -0.465 e. The first-order valence-electron chi connectivity index (χ1n) is 8.14. The second-order valence-electron chi connectivity index (χ2n) is 5.96. The van der Waals surface area contributed by atoms with E-state index < -0.39 is 5.97 Å². The summed E-state index contributed by atoms with van der Waals surface area (Å²) in [5, 5.41) is 3.75. The molecule has 3 rings (SSSR count). The quantitative estimate of drug-likeness (QED) is 0.660. The average molecular weight is 346 g/mol. The van der Waals surface area contributed by atoms with Crippen LogP contribution >= 0.6 is 11.6 Å². The molecule has 1 aliphatic carbocycles. The van der Waals surface area contributed by atoms with E-state index in [2.05, 4.69) is 15.3 Å². The van der Waals surface area contributed by atoms with Crippen molar-refractivity contribution in [3.63, 3.8) is 0 Å². The Morgan fingerprint density at radius 2 is 2.04 bits per heavy atom. The minimum absolute atomic E-state index is 0.256. The van der Waals surface area contributed by atoms with Crippen LogP contribution in [0.15, 0.2) is 30.5 Å². The Kier molecular flexibility index (Phi) is 5.30. The Morgan fingerprint density at radius 1 is 1.25 bits per heavy atom. The van der Waals surface area contributed by atoms with Gasteiger partial charge in [-0.25, -0.2) is 14.8 Å². The van der Waals surface area contributed by atoms with Crippen LogP contribution in [0.5, 0.6) is 0 Å². The molecule has 6 heteroatoms. The Morgan fingerprint density at radius 3 is 2.79 bits per heavy atom. The number of halogens is 1. The number of ether oxygens (including phenoxy) is 1. The molecule has 1 fully saturated rings. The number of pyridine rings is 2. The normalized spacial score (nSPS) is 15.1. The summed E-state index contributed by atoms with van der Waals surface area (Å²) in [5.41, 5.74) is 1.86. The first kappa shape index (κ1) is 16.7. The van der Waals surface area contributed by atoms with E-state index in [4.69, 9.17) is 16.3 Å². The lowest BCUT2D eigenvalue weighted by atomic mass is 9.95. The summed E-state index contributed by atoms with van der Waals surface area (Å²) in [6.45, 7) is 0. The summed E-state index contributed by atoms with van der Waals surface area (Å²) >= 11 is 6.05. The van der Waals surface area contributed by atoms with Gasteiger partial charge in [-0.1, -0.05) is 30.9 Å². The molecule has 0 unspecified atom stereocenters. The number of hydrogen-bond acceptors (Lipinski definition) is 5. The molecular formula is C18H20ClN3O2. The summed E-state index contributed by atoms with van der Waals surface area (Å²) < 4.78 is 4.76. The van der Waals surface area contributed by atoms with Crippen molar-refractivity contribution in [3.8, 4) is 11.3 Å². The fourth-order valence-electron chi connectivity index (χ4n) is 3.01. The lowest BCUT2D eigenvalue weighted by Crippen LogP contribution is -2.22. The van der Waals surface area contributed by atoms with Crippen LogP contribution in [0.1, 0.15) is 42.5 Å². The van der Waals surface area contributed by atoms with E-state index in [0.29, 0.717) is 17.3 Å². The van der Waals surface area contributed by atoms with Crippen molar-refractivity contribution in [2.45, 2.75) is 38.1 Å². The van der Waals surface area contributed by atoms with Crippen LogP contribution < -0.4 is 5.32 Å². The first-order chi connectivity index (χ1) is 11.7. The number of nitrogens with one attached hydrogen (secondary N) is 1.